The van der Waals surface area contributed by atoms with E-state index in [9.17, 15) is 9.59 Å². The molecule has 1 aromatic carbocycles. The first-order valence-corrected chi connectivity index (χ1v) is 8.19. The van der Waals surface area contributed by atoms with Crippen LogP contribution in [0.15, 0.2) is 24.3 Å². The summed E-state index contributed by atoms with van der Waals surface area (Å²) in [6, 6.07) is 7.59. The van der Waals surface area contributed by atoms with Crippen molar-refractivity contribution in [3.63, 3.8) is 0 Å². The molecule has 1 amide bonds. The molecule has 0 spiro atoms. The predicted octanol–water partition coefficient (Wildman–Crippen LogP) is -0.146. The number of amides is 1. The Labute approximate surface area is 141 Å². The second-order valence-electron chi connectivity index (χ2n) is 6.05. The van der Waals surface area contributed by atoms with Gasteiger partial charge in [0, 0.05) is 44.8 Å². The van der Waals surface area contributed by atoms with Gasteiger partial charge in [-0.25, -0.2) is 4.79 Å². The Morgan fingerprint density at radius 2 is 2.12 bits per heavy atom. The number of carbonyl (C=O) groups excluding carboxylic acids is 2. The van der Waals surface area contributed by atoms with Gasteiger partial charge in [-0.3, -0.25) is 14.6 Å². The molecule has 1 atom stereocenters. The number of nitrogens with zero attached hydrogens (tertiary/aromatic N) is 2. The molecule has 0 unspecified atom stereocenters. The Morgan fingerprint density at radius 1 is 1.29 bits per heavy atom. The van der Waals surface area contributed by atoms with E-state index in [2.05, 4.69) is 19.9 Å². The van der Waals surface area contributed by atoms with Crippen molar-refractivity contribution in [3.05, 3.63) is 29.8 Å². The van der Waals surface area contributed by atoms with Crippen molar-refractivity contribution in [3.8, 4) is 5.75 Å². The summed E-state index contributed by atoms with van der Waals surface area (Å²) in [5.74, 6) is 0.386. The molecule has 1 N–H and O–H groups in total. The number of benzene rings is 1. The summed E-state index contributed by atoms with van der Waals surface area (Å²) >= 11 is 0. The summed E-state index contributed by atoms with van der Waals surface area (Å²) in [7, 11) is 1.34. The number of hydrogen-bond acceptors (Lipinski definition) is 6. The predicted molar refractivity (Wildman–Crippen MR) is 87.6 cm³/mol. The van der Waals surface area contributed by atoms with Crippen LogP contribution in [0.25, 0.3) is 0 Å². The number of piperazine rings is 2. The second-order valence-corrected chi connectivity index (χ2v) is 6.05. The molecule has 24 heavy (non-hydrogen) atoms. The highest BCUT2D eigenvalue weighted by Crippen LogP contribution is 2.22. The molecule has 2 heterocycles. The molecule has 1 aromatic rings. The van der Waals surface area contributed by atoms with Crippen LogP contribution in [-0.4, -0.2) is 74.2 Å². The first-order chi connectivity index (χ1) is 11.7. The molecule has 0 aromatic heterocycles. The minimum absolute atomic E-state index is 0.0735. The van der Waals surface area contributed by atoms with Gasteiger partial charge in [-0.2, -0.15) is 0 Å². The van der Waals surface area contributed by atoms with E-state index in [0.29, 0.717) is 18.8 Å². The Kier molecular flexibility index (Phi) is 5.32. The highest BCUT2D eigenvalue weighted by atomic mass is 16.6. The molecule has 2 fully saturated rings. The van der Waals surface area contributed by atoms with Crippen molar-refractivity contribution in [2.45, 2.75) is 12.6 Å². The van der Waals surface area contributed by atoms with Crippen LogP contribution in [0.4, 0.5) is 0 Å². The summed E-state index contributed by atoms with van der Waals surface area (Å²) in [4.78, 5) is 27.8. The molecule has 0 saturated carbocycles. The number of hydrogen-bond donors (Lipinski definition) is 1. The number of carbonyl (C=O) groups is 2. The average Bonchev–Trinajstić information content (AvgIpc) is 2.61. The Morgan fingerprint density at radius 3 is 2.96 bits per heavy atom. The monoisotopic (exact) mass is 333 g/mol. The zero-order valence-electron chi connectivity index (χ0n) is 13.9. The number of methoxy groups -OCH3 is 1. The van der Waals surface area contributed by atoms with Crippen molar-refractivity contribution >= 4 is 11.9 Å². The van der Waals surface area contributed by atoms with Crippen LogP contribution in [0.1, 0.15) is 5.56 Å². The minimum Gasteiger partial charge on any atom is -0.482 e. The smallest absolute Gasteiger partial charge is 0.343 e. The van der Waals surface area contributed by atoms with Gasteiger partial charge in [0.25, 0.3) is 0 Å². The van der Waals surface area contributed by atoms with Gasteiger partial charge in [0.15, 0.2) is 6.61 Å². The third kappa shape index (κ3) is 3.85. The van der Waals surface area contributed by atoms with Crippen LogP contribution in [0.5, 0.6) is 5.75 Å². The molecule has 7 nitrogen and oxygen atoms in total. The maximum Gasteiger partial charge on any atom is 0.343 e. The molecule has 0 radical (unpaired) electrons. The number of ether oxygens (including phenoxy) is 2. The molecule has 2 saturated heterocycles. The minimum atomic E-state index is -0.405. The van der Waals surface area contributed by atoms with Gasteiger partial charge in [0.05, 0.1) is 7.11 Å². The molecule has 0 bridgehead atoms. The van der Waals surface area contributed by atoms with Gasteiger partial charge in [-0.05, 0) is 6.07 Å². The summed E-state index contributed by atoms with van der Waals surface area (Å²) < 4.78 is 10.2. The van der Waals surface area contributed by atoms with E-state index < -0.39 is 5.97 Å². The summed E-state index contributed by atoms with van der Waals surface area (Å²) in [5, 5.41) is 2.93. The van der Waals surface area contributed by atoms with E-state index in [1.165, 1.54) is 7.11 Å². The fourth-order valence-electron chi connectivity index (χ4n) is 3.19. The third-order valence-electron chi connectivity index (χ3n) is 4.52. The largest absolute Gasteiger partial charge is 0.482 e. The topological polar surface area (TPSA) is 71.1 Å². The van der Waals surface area contributed by atoms with Crippen LogP contribution in [0.2, 0.25) is 0 Å². The molecule has 7 heteroatoms. The first kappa shape index (κ1) is 16.7. The normalized spacial score (nSPS) is 21.7. The van der Waals surface area contributed by atoms with E-state index in [1.54, 1.807) is 0 Å². The van der Waals surface area contributed by atoms with Crippen LogP contribution in [0, 0.1) is 0 Å². The molecule has 3 rings (SSSR count). The van der Waals surface area contributed by atoms with Crippen molar-refractivity contribution in [1.82, 2.24) is 15.1 Å². The number of para-hydroxylation sites is 1. The summed E-state index contributed by atoms with van der Waals surface area (Å²) in [5.41, 5.74) is 1.01. The maximum atomic E-state index is 12.0. The Balaban J connectivity index is 1.63. The van der Waals surface area contributed by atoms with E-state index in [-0.39, 0.29) is 18.6 Å². The van der Waals surface area contributed by atoms with Crippen LogP contribution in [0.3, 0.4) is 0 Å². The van der Waals surface area contributed by atoms with Crippen molar-refractivity contribution in [2.75, 3.05) is 46.4 Å². The number of nitrogens with one attached hydrogen (secondary N) is 1. The van der Waals surface area contributed by atoms with Gasteiger partial charge < -0.3 is 14.8 Å². The number of rotatable bonds is 5. The van der Waals surface area contributed by atoms with Crippen molar-refractivity contribution in [1.29, 1.82) is 0 Å². The van der Waals surface area contributed by atoms with Gasteiger partial charge in [0.2, 0.25) is 5.91 Å². The fraction of sp³-hybridized carbons (Fsp3) is 0.529. The van der Waals surface area contributed by atoms with E-state index in [0.717, 1.165) is 31.7 Å². The van der Waals surface area contributed by atoms with Gasteiger partial charge >= 0.3 is 5.97 Å². The molecular formula is C17H23N3O4. The first-order valence-electron chi connectivity index (χ1n) is 8.19. The maximum absolute atomic E-state index is 12.0. The molecule has 130 valence electrons. The standard InChI is InChI=1S/C17H23N3O4/c1-23-16(21)12-24-15-5-3-2-4-13(15)10-19-8-9-20-7-6-18-17(22)14(20)11-19/h2-5,14H,6-12H2,1H3,(H,18,22)/t14-/m0/s1. The number of esters is 1. The van der Waals surface area contributed by atoms with Crippen molar-refractivity contribution < 1.29 is 19.1 Å². The van der Waals surface area contributed by atoms with E-state index in [1.807, 2.05) is 24.3 Å². The van der Waals surface area contributed by atoms with E-state index in [4.69, 9.17) is 4.74 Å². The Bertz CT molecular complexity index is 607. The van der Waals surface area contributed by atoms with Crippen molar-refractivity contribution in [2.24, 2.45) is 0 Å². The molecular weight excluding hydrogens is 310 g/mol. The fourth-order valence-corrected chi connectivity index (χ4v) is 3.19. The second kappa shape index (κ2) is 7.63. The van der Waals surface area contributed by atoms with Crippen LogP contribution >= 0.6 is 0 Å². The van der Waals surface area contributed by atoms with Gasteiger partial charge in [0.1, 0.15) is 11.8 Å². The summed E-state index contributed by atoms with van der Waals surface area (Å²) in [6.45, 7) is 4.75. The van der Waals surface area contributed by atoms with Gasteiger partial charge in [-0.1, -0.05) is 18.2 Å². The number of fused-ring (bicyclic) bond motifs is 1. The molecule has 0 aliphatic carbocycles. The zero-order chi connectivity index (χ0) is 16.9. The lowest BCUT2D eigenvalue weighted by Crippen LogP contribution is -2.63. The summed E-state index contributed by atoms with van der Waals surface area (Å²) in [6.07, 6.45) is 0. The molecule has 2 aliphatic rings. The van der Waals surface area contributed by atoms with Gasteiger partial charge in [-0.15, -0.1) is 0 Å². The quantitative estimate of drug-likeness (QED) is 0.756. The highest BCUT2D eigenvalue weighted by molar-refractivity contribution is 5.82. The SMILES string of the molecule is COC(=O)COc1ccccc1CN1CCN2CCNC(=O)[C@@H]2C1. The molecule has 2 aliphatic heterocycles. The van der Waals surface area contributed by atoms with Crippen LogP contribution < -0.4 is 10.1 Å². The Hall–Kier alpha value is -2.12. The average molecular weight is 333 g/mol. The lowest BCUT2D eigenvalue weighted by atomic mass is 10.1. The third-order valence-corrected chi connectivity index (χ3v) is 4.52. The van der Waals surface area contributed by atoms with Crippen LogP contribution in [-0.2, 0) is 20.9 Å². The van der Waals surface area contributed by atoms with E-state index >= 15 is 0 Å². The lowest BCUT2D eigenvalue weighted by Gasteiger charge is -2.43. The zero-order valence-corrected chi connectivity index (χ0v) is 13.9. The highest BCUT2D eigenvalue weighted by Gasteiger charge is 2.34. The lowest BCUT2D eigenvalue weighted by molar-refractivity contribution is -0.143.